The Morgan fingerprint density at radius 2 is 1.89 bits per heavy atom. The third-order valence-corrected chi connectivity index (χ3v) is 6.05. The van der Waals surface area contributed by atoms with Gasteiger partial charge in [0, 0.05) is 58.0 Å². The molecule has 2 fully saturated rings. The van der Waals surface area contributed by atoms with Crippen molar-refractivity contribution in [1.82, 2.24) is 24.7 Å². The second-order valence-electron chi connectivity index (χ2n) is 8.61. The van der Waals surface area contributed by atoms with E-state index in [4.69, 9.17) is 4.74 Å². The molecule has 3 amide bonds. The highest BCUT2D eigenvalue weighted by Gasteiger charge is 2.48. The average Bonchev–Trinajstić information content (AvgIpc) is 3.38. The molecule has 0 radical (unpaired) electrons. The molecular weight excluding hydrogens is 358 g/mol. The smallest absolute Gasteiger partial charge is 0.320 e. The van der Waals surface area contributed by atoms with Gasteiger partial charge in [0.15, 0.2) is 6.10 Å². The van der Waals surface area contributed by atoms with Gasteiger partial charge in [0.05, 0.1) is 6.54 Å². The lowest BCUT2D eigenvalue weighted by Crippen LogP contribution is -2.56. The van der Waals surface area contributed by atoms with E-state index in [9.17, 15) is 9.59 Å². The van der Waals surface area contributed by atoms with Crippen LogP contribution in [0.5, 0.6) is 0 Å². The number of carbonyl (C=O) groups is 2. The fourth-order valence-electron chi connectivity index (χ4n) is 4.46. The van der Waals surface area contributed by atoms with Crippen LogP contribution in [0.3, 0.4) is 0 Å². The molecule has 3 aliphatic rings. The summed E-state index contributed by atoms with van der Waals surface area (Å²) in [6.45, 7) is 8.25. The summed E-state index contributed by atoms with van der Waals surface area (Å²) in [5.41, 5.74) is -0.594. The number of rotatable bonds is 3. The zero-order valence-corrected chi connectivity index (χ0v) is 16.9. The number of hydrogen-bond donors (Lipinski definition) is 1. The van der Waals surface area contributed by atoms with Gasteiger partial charge in [-0.1, -0.05) is 13.8 Å². The van der Waals surface area contributed by atoms with Gasteiger partial charge >= 0.3 is 6.03 Å². The lowest BCUT2D eigenvalue weighted by molar-refractivity contribution is -0.172. The van der Waals surface area contributed by atoms with Gasteiger partial charge in [-0.2, -0.15) is 0 Å². The molecule has 0 saturated carbocycles. The Morgan fingerprint density at radius 1 is 1.21 bits per heavy atom. The SMILES string of the molecule is CC(C)CNC(=O)[C@@H]1Cn2ccnc2C2(CCN(C(=O)N3CCCC3)CC2)O1. The van der Waals surface area contributed by atoms with Gasteiger partial charge in [0.25, 0.3) is 5.91 Å². The van der Waals surface area contributed by atoms with Crippen molar-refractivity contribution in [1.29, 1.82) is 0 Å². The first-order chi connectivity index (χ1) is 13.5. The van der Waals surface area contributed by atoms with Crippen LogP contribution in [0, 0.1) is 5.92 Å². The van der Waals surface area contributed by atoms with Gasteiger partial charge in [-0.05, 0) is 18.8 Å². The molecule has 3 aliphatic heterocycles. The van der Waals surface area contributed by atoms with Crippen molar-refractivity contribution in [3.63, 3.8) is 0 Å². The molecule has 0 aliphatic carbocycles. The molecule has 1 N–H and O–H groups in total. The molecule has 8 heteroatoms. The van der Waals surface area contributed by atoms with Crippen molar-refractivity contribution < 1.29 is 14.3 Å². The quantitative estimate of drug-likeness (QED) is 0.851. The van der Waals surface area contributed by atoms with Gasteiger partial charge in [-0.15, -0.1) is 0 Å². The maximum Gasteiger partial charge on any atom is 0.320 e. The maximum atomic E-state index is 12.7. The van der Waals surface area contributed by atoms with E-state index >= 15 is 0 Å². The predicted molar refractivity (Wildman–Crippen MR) is 104 cm³/mol. The number of hydrogen-bond acceptors (Lipinski definition) is 4. The number of fused-ring (bicyclic) bond motifs is 2. The van der Waals surface area contributed by atoms with Gasteiger partial charge in [0.1, 0.15) is 11.4 Å². The van der Waals surface area contributed by atoms with Gasteiger partial charge < -0.3 is 24.4 Å². The zero-order valence-electron chi connectivity index (χ0n) is 16.9. The third kappa shape index (κ3) is 3.62. The minimum atomic E-state index is -0.594. The van der Waals surface area contributed by atoms with Crippen LogP contribution in [0.2, 0.25) is 0 Å². The molecule has 2 saturated heterocycles. The summed E-state index contributed by atoms with van der Waals surface area (Å²) < 4.78 is 8.44. The van der Waals surface area contributed by atoms with Crippen LogP contribution in [0.4, 0.5) is 4.79 Å². The molecule has 4 rings (SSSR count). The Hall–Kier alpha value is -2.09. The number of urea groups is 1. The lowest BCUT2D eigenvalue weighted by Gasteiger charge is -2.46. The third-order valence-electron chi connectivity index (χ3n) is 6.05. The lowest BCUT2D eigenvalue weighted by atomic mass is 9.88. The summed E-state index contributed by atoms with van der Waals surface area (Å²) in [6, 6.07) is 0.137. The van der Waals surface area contributed by atoms with Crippen LogP contribution >= 0.6 is 0 Å². The normalized spacial score (nSPS) is 23.9. The van der Waals surface area contributed by atoms with E-state index in [2.05, 4.69) is 24.1 Å². The van der Waals surface area contributed by atoms with E-state index in [1.54, 1.807) is 6.20 Å². The number of likely N-dealkylation sites (tertiary alicyclic amines) is 2. The Bertz CT molecular complexity index is 717. The molecule has 4 heterocycles. The van der Waals surface area contributed by atoms with Crippen molar-refractivity contribution in [2.24, 2.45) is 5.92 Å². The maximum absolute atomic E-state index is 12.7. The minimum absolute atomic E-state index is 0.0667. The van der Waals surface area contributed by atoms with E-state index in [0.717, 1.165) is 31.8 Å². The predicted octanol–water partition coefficient (Wildman–Crippen LogP) is 1.56. The van der Waals surface area contributed by atoms with Gasteiger partial charge in [0.2, 0.25) is 0 Å². The summed E-state index contributed by atoms with van der Waals surface area (Å²) in [5.74, 6) is 1.21. The average molecular weight is 390 g/mol. The van der Waals surface area contributed by atoms with E-state index in [1.165, 1.54) is 0 Å². The van der Waals surface area contributed by atoms with Crippen molar-refractivity contribution in [3.8, 4) is 0 Å². The number of piperidine rings is 1. The van der Waals surface area contributed by atoms with Crippen LogP contribution in [0.15, 0.2) is 12.4 Å². The Morgan fingerprint density at radius 3 is 2.57 bits per heavy atom. The molecule has 28 heavy (non-hydrogen) atoms. The summed E-state index contributed by atoms with van der Waals surface area (Å²) in [4.78, 5) is 33.8. The topological polar surface area (TPSA) is 79.7 Å². The minimum Gasteiger partial charge on any atom is -0.354 e. The summed E-state index contributed by atoms with van der Waals surface area (Å²) in [7, 11) is 0. The van der Waals surface area contributed by atoms with Crippen LogP contribution < -0.4 is 5.32 Å². The van der Waals surface area contributed by atoms with E-state index < -0.39 is 11.7 Å². The highest BCUT2D eigenvalue weighted by Crippen LogP contribution is 2.40. The van der Waals surface area contributed by atoms with Crippen molar-refractivity contribution in [3.05, 3.63) is 18.2 Å². The number of carbonyl (C=O) groups excluding carboxylic acids is 2. The summed E-state index contributed by atoms with van der Waals surface area (Å²) >= 11 is 0. The van der Waals surface area contributed by atoms with Gasteiger partial charge in [-0.3, -0.25) is 4.79 Å². The van der Waals surface area contributed by atoms with E-state index in [1.807, 2.05) is 20.6 Å². The van der Waals surface area contributed by atoms with Gasteiger partial charge in [-0.25, -0.2) is 9.78 Å². The molecule has 1 spiro atoms. The molecule has 1 atom stereocenters. The van der Waals surface area contributed by atoms with E-state index in [0.29, 0.717) is 44.9 Å². The number of nitrogens with one attached hydrogen (secondary N) is 1. The first kappa shape index (κ1) is 19.2. The number of imidazole rings is 1. The van der Waals surface area contributed by atoms with Crippen LogP contribution in [0.25, 0.3) is 0 Å². The molecule has 0 aromatic carbocycles. The molecule has 0 bridgehead atoms. The standard InChI is InChI=1S/C20H31N5O3/c1-15(2)13-22-17(26)16-14-25-12-7-21-18(25)20(28-16)5-10-24(11-6-20)19(27)23-8-3-4-9-23/h7,12,15-16H,3-6,8-11,13-14H2,1-2H3,(H,22,26)/t16-/m0/s1. The fourth-order valence-corrected chi connectivity index (χ4v) is 4.46. The second kappa shape index (κ2) is 7.73. The molecule has 8 nitrogen and oxygen atoms in total. The first-order valence-corrected chi connectivity index (χ1v) is 10.5. The Labute approximate surface area is 166 Å². The molecule has 1 aromatic rings. The van der Waals surface area contributed by atoms with Crippen molar-refractivity contribution in [2.75, 3.05) is 32.7 Å². The monoisotopic (exact) mass is 389 g/mol. The van der Waals surface area contributed by atoms with Crippen LogP contribution in [0.1, 0.15) is 45.4 Å². The fraction of sp³-hybridized carbons (Fsp3) is 0.750. The van der Waals surface area contributed by atoms with Crippen molar-refractivity contribution >= 4 is 11.9 Å². The summed E-state index contributed by atoms with van der Waals surface area (Å²) in [5, 5.41) is 2.99. The van der Waals surface area contributed by atoms with Crippen molar-refractivity contribution in [2.45, 2.75) is 57.8 Å². The number of aromatic nitrogens is 2. The zero-order chi connectivity index (χ0) is 19.7. The Balaban J connectivity index is 1.46. The number of amides is 3. The first-order valence-electron chi connectivity index (χ1n) is 10.5. The highest BCUT2D eigenvalue weighted by molar-refractivity contribution is 5.81. The largest absolute Gasteiger partial charge is 0.354 e. The molecule has 0 unspecified atom stereocenters. The van der Waals surface area contributed by atoms with Crippen LogP contribution in [-0.2, 0) is 21.7 Å². The Kier molecular flexibility index (Phi) is 5.31. The molecular formula is C20H31N5O3. The number of ether oxygens (including phenoxy) is 1. The molecule has 154 valence electrons. The highest BCUT2D eigenvalue weighted by atomic mass is 16.5. The molecule has 1 aromatic heterocycles. The number of nitrogens with zero attached hydrogens (tertiary/aromatic N) is 4. The van der Waals surface area contributed by atoms with Crippen LogP contribution in [-0.4, -0.2) is 70.1 Å². The second-order valence-corrected chi connectivity index (χ2v) is 8.61. The van der Waals surface area contributed by atoms with E-state index in [-0.39, 0.29) is 11.9 Å². The summed E-state index contributed by atoms with van der Waals surface area (Å²) in [6.07, 6.45) is 6.69.